The highest BCUT2D eigenvalue weighted by molar-refractivity contribution is 6.31. The minimum absolute atomic E-state index is 0.725. The molecule has 3 rings (SSSR count). The van der Waals surface area contributed by atoms with Crippen LogP contribution in [-0.4, -0.2) is 9.38 Å². The Balaban J connectivity index is 2.53. The monoisotopic (exact) mass is 216 g/mol. The molecular weight excluding hydrogens is 208 g/mol. The van der Waals surface area contributed by atoms with Crippen LogP contribution >= 0.6 is 11.6 Å². The standard InChI is InChI=1S/C12H9ClN2/c1-8-2-5-12-14-10-6-9(13)3-4-11(10)15(12)7-8/h2-7H,1H3. The average Bonchev–Trinajstić information content (AvgIpc) is 2.54. The van der Waals surface area contributed by atoms with Crippen molar-refractivity contribution in [3.05, 3.63) is 47.1 Å². The van der Waals surface area contributed by atoms with Crippen LogP contribution in [-0.2, 0) is 0 Å². The van der Waals surface area contributed by atoms with E-state index in [-0.39, 0.29) is 0 Å². The fraction of sp³-hybridized carbons (Fsp3) is 0.0833. The maximum absolute atomic E-state index is 5.93. The first-order valence-corrected chi connectivity index (χ1v) is 5.16. The molecule has 74 valence electrons. The van der Waals surface area contributed by atoms with Crippen LogP contribution in [0.1, 0.15) is 5.56 Å². The molecule has 0 N–H and O–H groups in total. The lowest BCUT2D eigenvalue weighted by molar-refractivity contribution is 1.19. The molecule has 3 aromatic rings. The molecule has 0 unspecified atom stereocenters. The minimum atomic E-state index is 0.725. The van der Waals surface area contributed by atoms with Crippen LogP contribution in [0.5, 0.6) is 0 Å². The number of pyridine rings is 1. The van der Waals surface area contributed by atoms with Crippen molar-refractivity contribution >= 4 is 28.3 Å². The average molecular weight is 217 g/mol. The lowest BCUT2D eigenvalue weighted by Gasteiger charge is -1.96. The summed E-state index contributed by atoms with van der Waals surface area (Å²) in [6.45, 7) is 2.07. The number of hydrogen-bond donors (Lipinski definition) is 0. The molecule has 2 aromatic heterocycles. The van der Waals surface area contributed by atoms with Crippen LogP contribution < -0.4 is 0 Å². The van der Waals surface area contributed by atoms with Gasteiger partial charge >= 0.3 is 0 Å². The number of aromatic nitrogens is 2. The molecule has 0 saturated heterocycles. The third-order valence-corrected chi connectivity index (χ3v) is 2.74. The lowest BCUT2D eigenvalue weighted by atomic mass is 10.3. The number of rotatable bonds is 0. The van der Waals surface area contributed by atoms with Gasteiger partial charge in [0.05, 0.1) is 11.0 Å². The molecule has 0 aliphatic carbocycles. The molecular formula is C12H9ClN2. The number of imidazole rings is 1. The molecule has 1 aromatic carbocycles. The van der Waals surface area contributed by atoms with Crippen LogP contribution in [0.2, 0.25) is 5.02 Å². The largest absolute Gasteiger partial charge is 0.299 e. The zero-order chi connectivity index (χ0) is 10.4. The van der Waals surface area contributed by atoms with Gasteiger partial charge in [-0.25, -0.2) is 4.98 Å². The number of halogens is 1. The van der Waals surface area contributed by atoms with E-state index in [9.17, 15) is 0 Å². The Morgan fingerprint density at radius 2 is 2.07 bits per heavy atom. The number of aryl methyl sites for hydroxylation is 1. The van der Waals surface area contributed by atoms with Crippen LogP contribution in [0.25, 0.3) is 16.7 Å². The van der Waals surface area contributed by atoms with Gasteiger partial charge in [0.2, 0.25) is 0 Å². The second-order valence-corrected chi connectivity index (χ2v) is 4.12. The van der Waals surface area contributed by atoms with E-state index in [2.05, 4.69) is 28.6 Å². The molecule has 0 fully saturated rings. The fourth-order valence-corrected chi connectivity index (χ4v) is 1.96. The van der Waals surface area contributed by atoms with Gasteiger partial charge in [0.15, 0.2) is 0 Å². The zero-order valence-corrected chi connectivity index (χ0v) is 8.99. The van der Waals surface area contributed by atoms with E-state index in [1.54, 1.807) is 0 Å². The molecule has 0 aliphatic rings. The van der Waals surface area contributed by atoms with Crippen molar-refractivity contribution in [3.63, 3.8) is 0 Å². The zero-order valence-electron chi connectivity index (χ0n) is 8.24. The summed E-state index contributed by atoms with van der Waals surface area (Å²) in [4.78, 5) is 4.50. The van der Waals surface area contributed by atoms with Gasteiger partial charge in [0.1, 0.15) is 5.65 Å². The maximum Gasteiger partial charge on any atom is 0.137 e. The number of hydrogen-bond acceptors (Lipinski definition) is 1. The molecule has 15 heavy (non-hydrogen) atoms. The molecule has 3 heteroatoms. The SMILES string of the molecule is Cc1ccc2nc3cc(Cl)ccc3n2c1. The molecule has 2 heterocycles. The van der Waals surface area contributed by atoms with Gasteiger partial charge in [-0.3, -0.25) is 4.40 Å². The molecule has 0 saturated carbocycles. The quantitative estimate of drug-likeness (QED) is 0.563. The van der Waals surface area contributed by atoms with E-state index in [0.29, 0.717) is 0 Å². The van der Waals surface area contributed by atoms with E-state index < -0.39 is 0 Å². The predicted molar refractivity (Wildman–Crippen MR) is 62.4 cm³/mol. The highest BCUT2D eigenvalue weighted by atomic mass is 35.5. The van der Waals surface area contributed by atoms with E-state index in [4.69, 9.17) is 11.6 Å². The van der Waals surface area contributed by atoms with E-state index >= 15 is 0 Å². The van der Waals surface area contributed by atoms with Crippen LogP contribution in [0.3, 0.4) is 0 Å². The van der Waals surface area contributed by atoms with Crippen molar-refractivity contribution in [1.29, 1.82) is 0 Å². The fourth-order valence-electron chi connectivity index (χ4n) is 1.80. The van der Waals surface area contributed by atoms with Gasteiger partial charge in [-0.1, -0.05) is 17.7 Å². The van der Waals surface area contributed by atoms with E-state index in [1.807, 2.05) is 24.3 Å². The molecule has 0 bridgehead atoms. The minimum Gasteiger partial charge on any atom is -0.299 e. The summed E-state index contributed by atoms with van der Waals surface area (Å²) >= 11 is 5.93. The summed E-state index contributed by atoms with van der Waals surface area (Å²) in [5, 5.41) is 0.725. The second-order valence-electron chi connectivity index (χ2n) is 3.68. The lowest BCUT2D eigenvalue weighted by Crippen LogP contribution is -1.84. The van der Waals surface area contributed by atoms with Crippen molar-refractivity contribution in [2.45, 2.75) is 6.92 Å². The Bertz CT molecular complexity index is 655. The first-order valence-electron chi connectivity index (χ1n) is 4.78. The van der Waals surface area contributed by atoms with Gasteiger partial charge in [0, 0.05) is 11.2 Å². The van der Waals surface area contributed by atoms with Crippen LogP contribution in [0, 0.1) is 6.92 Å². The molecule has 0 radical (unpaired) electrons. The van der Waals surface area contributed by atoms with E-state index in [1.165, 1.54) is 5.56 Å². The third-order valence-electron chi connectivity index (χ3n) is 2.51. The van der Waals surface area contributed by atoms with E-state index in [0.717, 1.165) is 21.7 Å². The van der Waals surface area contributed by atoms with Crippen molar-refractivity contribution in [1.82, 2.24) is 9.38 Å². The first-order chi connectivity index (χ1) is 7.24. The molecule has 0 atom stereocenters. The molecule has 0 aliphatic heterocycles. The van der Waals surface area contributed by atoms with Gasteiger partial charge in [0.25, 0.3) is 0 Å². The number of fused-ring (bicyclic) bond motifs is 3. The number of benzene rings is 1. The summed E-state index contributed by atoms with van der Waals surface area (Å²) in [5.74, 6) is 0. The maximum atomic E-state index is 5.93. The molecule has 0 spiro atoms. The summed E-state index contributed by atoms with van der Waals surface area (Å²) in [6.07, 6.45) is 2.08. The topological polar surface area (TPSA) is 17.3 Å². The normalized spacial score (nSPS) is 11.3. The molecule has 0 amide bonds. The Hall–Kier alpha value is -1.54. The third kappa shape index (κ3) is 1.29. The highest BCUT2D eigenvalue weighted by Crippen LogP contribution is 2.20. The van der Waals surface area contributed by atoms with Crippen molar-refractivity contribution in [2.24, 2.45) is 0 Å². The van der Waals surface area contributed by atoms with Crippen molar-refractivity contribution in [3.8, 4) is 0 Å². The summed E-state index contributed by atoms with van der Waals surface area (Å²) in [5.41, 5.74) is 4.21. The Labute approximate surface area is 92.1 Å². The summed E-state index contributed by atoms with van der Waals surface area (Å²) < 4.78 is 2.08. The second kappa shape index (κ2) is 2.97. The smallest absolute Gasteiger partial charge is 0.137 e. The van der Waals surface area contributed by atoms with Gasteiger partial charge in [-0.15, -0.1) is 0 Å². The van der Waals surface area contributed by atoms with Gasteiger partial charge in [-0.05, 0) is 36.8 Å². The van der Waals surface area contributed by atoms with Crippen molar-refractivity contribution in [2.75, 3.05) is 0 Å². The van der Waals surface area contributed by atoms with Crippen molar-refractivity contribution < 1.29 is 0 Å². The Morgan fingerprint density at radius 3 is 2.93 bits per heavy atom. The molecule has 2 nitrogen and oxygen atoms in total. The summed E-state index contributed by atoms with van der Waals surface area (Å²) in [6, 6.07) is 9.85. The summed E-state index contributed by atoms with van der Waals surface area (Å²) in [7, 11) is 0. The number of nitrogens with zero attached hydrogens (tertiary/aromatic N) is 2. The van der Waals surface area contributed by atoms with Crippen LogP contribution in [0.4, 0.5) is 0 Å². The predicted octanol–water partition coefficient (Wildman–Crippen LogP) is 3.45. The first kappa shape index (κ1) is 8.74. The Kier molecular flexibility index (Phi) is 1.73. The van der Waals surface area contributed by atoms with Gasteiger partial charge in [-0.2, -0.15) is 0 Å². The van der Waals surface area contributed by atoms with Gasteiger partial charge < -0.3 is 0 Å². The Morgan fingerprint density at radius 1 is 1.20 bits per heavy atom. The highest BCUT2D eigenvalue weighted by Gasteiger charge is 2.03. The van der Waals surface area contributed by atoms with Crippen LogP contribution in [0.15, 0.2) is 36.5 Å².